The van der Waals surface area contributed by atoms with Gasteiger partial charge in [0.15, 0.2) is 5.82 Å². The third-order valence-electron chi connectivity index (χ3n) is 2.73. The molecule has 6 nitrogen and oxygen atoms in total. The van der Waals surface area contributed by atoms with Gasteiger partial charge in [-0.1, -0.05) is 29.5 Å². The molecule has 2 heterocycles. The molecule has 0 saturated carbocycles. The van der Waals surface area contributed by atoms with E-state index in [2.05, 4.69) is 30.7 Å². The molecule has 0 fully saturated rings. The zero-order valence-electron chi connectivity index (χ0n) is 10.9. The van der Waals surface area contributed by atoms with E-state index in [-0.39, 0.29) is 5.13 Å². The second kappa shape index (κ2) is 5.72. The van der Waals surface area contributed by atoms with Crippen LogP contribution in [0.3, 0.4) is 0 Å². The van der Waals surface area contributed by atoms with Gasteiger partial charge in [-0.3, -0.25) is 5.10 Å². The third kappa shape index (κ3) is 3.22. The van der Waals surface area contributed by atoms with Crippen molar-refractivity contribution in [2.24, 2.45) is 0 Å². The standard InChI is InChI=1S/C12H9F3N6S/c13-12(14,15)10-20-21-11(22-10)16-5-7-2-1-3-8(4-7)9-17-6-18-19-9/h1-4,6H,5H2,(H,16,21)(H,17,18,19). The fourth-order valence-corrected chi connectivity index (χ4v) is 2.37. The predicted molar refractivity (Wildman–Crippen MR) is 74.1 cm³/mol. The summed E-state index contributed by atoms with van der Waals surface area (Å²) in [6, 6.07) is 7.39. The average Bonchev–Trinajstić information content (AvgIpc) is 3.16. The molecule has 2 N–H and O–H groups in total. The molecule has 0 aliphatic heterocycles. The lowest BCUT2D eigenvalue weighted by Crippen LogP contribution is -2.03. The molecule has 2 aromatic heterocycles. The van der Waals surface area contributed by atoms with E-state index in [4.69, 9.17) is 0 Å². The Labute approximate surface area is 126 Å². The number of aromatic nitrogens is 5. The number of rotatable bonds is 4. The molecule has 3 rings (SSSR count). The minimum Gasteiger partial charge on any atom is -0.356 e. The van der Waals surface area contributed by atoms with Gasteiger partial charge in [-0.2, -0.15) is 18.3 Å². The van der Waals surface area contributed by atoms with Crippen molar-refractivity contribution in [3.63, 3.8) is 0 Å². The van der Waals surface area contributed by atoms with Crippen LogP contribution in [0.15, 0.2) is 30.6 Å². The van der Waals surface area contributed by atoms with Crippen LogP contribution in [-0.2, 0) is 12.7 Å². The first-order chi connectivity index (χ1) is 10.5. The molecule has 10 heteroatoms. The number of hydrogen-bond donors (Lipinski definition) is 2. The normalized spacial score (nSPS) is 11.6. The summed E-state index contributed by atoms with van der Waals surface area (Å²) >= 11 is 0.474. The number of hydrogen-bond acceptors (Lipinski definition) is 6. The van der Waals surface area contributed by atoms with Gasteiger partial charge in [0.2, 0.25) is 10.1 Å². The Kier molecular flexibility index (Phi) is 3.75. The van der Waals surface area contributed by atoms with Crippen molar-refractivity contribution in [3.05, 3.63) is 41.2 Å². The Hall–Kier alpha value is -2.49. The molecule has 0 saturated heterocycles. The number of nitrogens with zero attached hydrogens (tertiary/aromatic N) is 4. The summed E-state index contributed by atoms with van der Waals surface area (Å²) in [7, 11) is 0. The van der Waals surface area contributed by atoms with E-state index in [1.807, 2.05) is 24.3 Å². The Morgan fingerprint density at radius 2 is 2.09 bits per heavy atom. The molecule has 0 amide bonds. The van der Waals surface area contributed by atoms with Gasteiger partial charge in [0.05, 0.1) is 0 Å². The average molecular weight is 326 g/mol. The van der Waals surface area contributed by atoms with Crippen LogP contribution in [-0.4, -0.2) is 25.4 Å². The highest BCUT2D eigenvalue weighted by Crippen LogP contribution is 2.33. The first-order valence-corrected chi connectivity index (χ1v) is 6.93. The highest BCUT2D eigenvalue weighted by atomic mass is 32.1. The lowest BCUT2D eigenvalue weighted by atomic mass is 10.1. The molecule has 0 unspecified atom stereocenters. The monoisotopic (exact) mass is 326 g/mol. The van der Waals surface area contributed by atoms with Crippen LogP contribution in [0, 0.1) is 0 Å². The number of anilines is 1. The van der Waals surface area contributed by atoms with Gasteiger partial charge in [-0.25, -0.2) is 4.98 Å². The summed E-state index contributed by atoms with van der Waals surface area (Å²) < 4.78 is 37.3. The topological polar surface area (TPSA) is 79.4 Å². The van der Waals surface area contributed by atoms with Crippen LogP contribution in [0.2, 0.25) is 0 Å². The van der Waals surface area contributed by atoms with E-state index < -0.39 is 11.2 Å². The van der Waals surface area contributed by atoms with Crippen LogP contribution in [0.1, 0.15) is 10.6 Å². The molecule has 0 spiro atoms. The van der Waals surface area contributed by atoms with E-state index in [1.54, 1.807) is 0 Å². The molecule has 0 aliphatic rings. The van der Waals surface area contributed by atoms with Crippen molar-refractivity contribution >= 4 is 16.5 Å². The van der Waals surface area contributed by atoms with Gasteiger partial charge < -0.3 is 5.32 Å². The summed E-state index contributed by atoms with van der Waals surface area (Å²) in [6.07, 6.45) is -3.07. The van der Waals surface area contributed by atoms with Crippen molar-refractivity contribution in [2.75, 3.05) is 5.32 Å². The SMILES string of the molecule is FC(F)(F)c1nnc(NCc2cccc(-c3ncn[nH]3)c2)s1. The summed E-state index contributed by atoms with van der Waals surface area (Å²) in [5, 5.41) is 15.1. The molecule has 22 heavy (non-hydrogen) atoms. The molecule has 0 bridgehead atoms. The van der Waals surface area contributed by atoms with Crippen molar-refractivity contribution in [1.82, 2.24) is 25.4 Å². The maximum atomic E-state index is 12.4. The summed E-state index contributed by atoms with van der Waals surface area (Å²) in [4.78, 5) is 4.04. The van der Waals surface area contributed by atoms with Crippen LogP contribution in [0.25, 0.3) is 11.4 Å². The molecular formula is C12H9F3N6S. The van der Waals surface area contributed by atoms with E-state index in [0.717, 1.165) is 11.1 Å². The maximum Gasteiger partial charge on any atom is 0.445 e. The Balaban J connectivity index is 1.69. The van der Waals surface area contributed by atoms with Crippen LogP contribution in [0.5, 0.6) is 0 Å². The fourth-order valence-electron chi connectivity index (χ4n) is 1.76. The summed E-state index contributed by atoms with van der Waals surface area (Å²) in [5.74, 6) is 0.622. The molecule has 114 valence electrons. The second-order valence-electron chi connectivity index (χ2n) is 4.30. The van der Waals surface area contributed by atoms with Gasteiger partial charge in [-0.15, -0.1) is 10.2 Å². The number of benzene rings is 1. The highest BCUT2D eigenvalue weighted by Gasteiger charge is 2.35. The lowest BCUT2D eigenvalue weighted by Gasteiger charge is -2.04. The van der Waals surface area contributed by atoms with Gasteiger partial charge in [0, 0.05) is 12.1 Å². The van der Waals surface area contributed by atoms with Gasteiger partial charge >= 0.3 is 6.18 Å². The maximum absolute atomic E-state index is 12.4. The van der Waals surface area contributed by atoms with E-state index >= 15 is 0 Å². The minimum absolute atomic E-state index is 0.123. The molecule has 1 aromatic carbocycles. The lowest BCUT2D eigenvalue weighted by molar-refractivity contribution is -0.138. The first-order valence-electron chi connectivity index (χ1n) is 6.11. The van der Waals surface area contributed by atoms with E-state index in [9.17, 15) is 13.2 Å². The molecule has 0 radical (unpaired) electrons. The van der Waals surface area contributed by atoms with Gasteiger partial charge in [-0.05, 0) is 11.6 Å². The Morgan fingerprint density at radius 3 is 2.77 bits per heavy atom. The summed E-state index contributed by atoms with van der Waals surface area (Å²) in [6.45, 7) is 0.328. The van der Waals surface area contributed by atoms with Crippen molar-refractivity contribution < 1.29 is 13.2 Å². The van der Waals surface area contributed by atoms with Gasteiger partial charge in [0.25, 0.3) is 0 Å². The largest absolute Gasteiger partial charge is 0.445 e. The minimum atomic E-state index is -4.47. The molecule has 0 atom stereocenters. The van der Waals surface area contributed by atoms with Crippen molar-refractivity contribution in [2.45, 2.75) is 12.7 Å². The number of alkyl halides is 3. The van der Waals surface area contributed by atoms with Crippen molar-refractivity contribution in [3.8, 4) is 11.4 Å². The Morgan fingerprint density at radius 1 is 1.23 bits per heavy atom. The third-order valence-corrected chi connectivity index (χ3v) is 3.65. The Bertz CT molecular complexity index is 752. The smallest absolute Gasteiger partial charge is 0.356 e. The second-order valence-corrected chi connectivity index (χ2v) is 5.28. The number of H-pyrrole nitrogens is 1. The fraction of sp³-hybridized carbons (Fsp3) is 0.167. The van der Waals surface area contributed by atoms with Crippen molar-refractivity contribution in [1.29, 1.82) is 0 Å². The van der Waals surface area contributed by atoms with E-state index in [1.165, 1.54) is 6.33 Å². The number of aromatic amines is 1. The van der Waals surface area contributed by atoms with Gasteiger partial charge in [0.1, 0.15) is 6.33 Å². The first kappa shape index (κ1) is 14.4. The van der Waals surface area contributed by atoms with Crippen LogP contribution in [0.4, 0.5) is 18.3 Å². The van der Waals surface area contributed by atoms with E-state index in [0.29, 0.717) is 23.7 Å². The quantitative estimate of drug-likeness (QED) is 0.770. The zero-order valence-corrected chi connectivity index (χ0v) is 11.7. The molecular weight excluding hydrogens is 317 g/mol. The highest BCUT2D eigenvalue weighted by molar-refractivity contribution is 7.15. The molecule has 3 aromatic rings. The van der Waals surface area contributed by atoms with Crippen LogP contribution < -0.4 is 5.32 Å². The predicted octanol–water partition coefficient (Wildman–Crippen LogP) is 2.95. The zero-order chi connectivity index (χ0) is 15.6. The van der Waals surface area contributed by atoms with Crippen LogP contribution >= 0.6 is 11.3 Å². The summed E-state index contributed by atoms with van der Waals surface area (Å²) in [5.41, 5.74) is 1.71. The number of nitrogens with one attached hydrogen (secondary N) is 2. The number of halogens is 3. The molecule has 0 aliphatic carbocycles.